The maximum absolute atomic E-state index is 13.0. The molecule has 1 saturated heterocycles. The van der Waals surface area contributed by atoms with Crippen LogP contribution in [0.15, 0.2) is 60.8 Å². The summed E-state index contributed by atoms with van der Waals surface area (Å²) in [5.74, 6) is -0.193. The van der Waals surface area contributed by atoms with E-state index in [1.54, 1.807) is 18.7 Å². The minimum absolute atomic E-state index is 0.0000831. The van der Waals surface area contributed by atoms with Gasteiger partial charge in [0.2, 0.25) is 11.8 Å². The molecule has 1 fully saturated rings. The highest BCUT2D eigenvalue weighted by Crippen LogP contribution is 2.40. The number of likely N-dealkylation sites (tertiary alicyclic amines) is 1. The van der Waals surface area contributed by atoms with Crippen LogP contribution in [-0.2, 0) is 9.59 Å². The number of hydrogen-bond acceptors (Lipinski definition) is 2. The van der Waals surface area contributed by atoms with Crippen LogP contribution in [0.2, 0.25) is 0 Å². The summed E-state index contributed by atoms with van der Waals surface area (Å²) in [5, 5.41) is 3.99. The molecule has 2 aromatic carbocycles. The molecule has 0 spiro atoms. The van der Waals surface area contributed by atoms with Crippen molar-refractivity contribution >= 4 is 28.4 Å². The second kappa shape index (κ2) is 6.02. The zero-order chi connectivity index (χ0) is 18.3. The van der Waals surface area contributed by atoms with Gasteiger partial charge >= 0.3 is 0 Å². The molecule has 1 atom stereocenters. The molecule has 1 aromatic heterocycles. The van der Waals surface area contributed by atoms with E-state index in [1.807, 2.05) is 60.8 Å². The lowest BCUT2D eigenvalue weighted by Crippen LogP contribution is -2.62. The molecular formula is C21H21N3O2. The second-order valence-corrected chi connectivity index (χ2v) is 7.19. The van der Waals surface area contributed by atoms with Gasteiger partial charge in [-0.25, -0.2) is 0 Å². The summed E-state index contributed by atoms with van der Waals surface area (Å²) < 4.78 is 0. The number of anilines is 1. The number of benzene rings is 2. The lowest BCUT2D eigenvalue weighted by atomic mass is 9.86. The third-order valence-electron chi connectivity index (χ3n) is 5.10. The van der Waals surface area contributed by atoms with E-state index in [2.05, 4.69) is 10.3 Å². The number of hydrogen-bond donors (Lipinski definition) is 2. The second-order valence-electron chi connectivity index (χ2n) is 7.19. The van der Waals surface area contributed by atoms with Crippen molar-refractivity contribution in [2.45, 2.75) is 31.8 Å². The Bertz CT molecular complexity index is 975. The fraction of sp³-hybridized carbons (Fsp3) is 0.238. The first kappa shape index (κ1) is 16.4. The van der Waals surface area contributed by atoms with Crippen LogP contribution in [0.3, 0.4) is 0 Å². The zero-order valence-corrected chi connectivity index (χ0v) is 14.8. The van der Waals surface area contributed by atoms with Gasteiger partial charge in [-0.3, -0.25) is 9.59 Å². The molecule has 1 aliphatic heterocycles. The summed E-state index contributed by atoms with van der Waals surface area (Å²) in [6.45, 7) is 3.59. The van der Waals surface area contributed by atoms with E-state index in [1.165, 1.54) is 0 Å². The van der Waals surface area contributed by atoms with Crippen molar-refractivity contribution in [1.29, 1.82) is 0 Å². The van der Waals surface area contributed by atoms with Gasteiger partial charge in [-0.05, 0) is 43.7 Å². The highest BCUT2D eigenvalue weighted by Gasteiger charge is 2.49. The van der Waals surface area contributed by atoms with Crippen LogP contribution in [0.5, 0.6) is 0 Å². The summed E-state index contributed by atoms with van der Waals surface area (Å²) in [4.78, 5) is 30.1. The third-order valence-corrected chi connectivity index (χ3v) is 5.10. The smallest absolute Gasteiger partial charge is 0.249 e. The monoisotopic (exact) mass is 347 g/mol. The van der Waals surface area contributed by atoms with Crippen molar-refractivity contribution in [3.63, 3.8) is 0 Å². The number of amides is 2. The molecule has 0 bridgehead atoms. The van der Waals surface area contributed by atoms with Gasteiger partial charge in [0.1, 0.15) is 5.54 Å². The maximum atomic E-state index is 13.0. The number of nitrogens with one attached hydrogen (secondary N) is 2. The Morgan fingerprint density at radius 1 is 1.15 bits per heavy atom. The SMILES string of the molecule is CC(C)(C(=O)Nc1ccc2[nH]ccc2c1)N1C(=O)C[C@H]1c1ccccc1. The van der Waals surface area contributed by atoms with Crippen LogP contribution in [0.25, 0.3) is 10.9 Å². The average molecular weight is 347 g/mol. The fourth-order valence-electron chi connectivity index (χ4n) is 3.58. The van der Waals surface area contributed by atoms with Crippen molar-refractivity contribution in [2.75, 3.05) is 5.32 Å². The molecule has 2 amide bonds. The Morgan fingerprint density at radius 3 is 2.65 bits per heavy atom. The molecule has 26 heavy (non-hydrogen) atoms. The number of fused-ring (bicyclic) bond motifs is 1. The number of nitrogens with zero attached hydrogens (tertiary/aromatic N) is 1. The first-order valence-corrected chi connectivity index (χ1v) is 8.72. The lowest BCUT2D eigenvalue weighted by Gasteiger charge is -2.49. The molecular weight excluding hydrogens is 326 g/mol. The first-order chi connectivity index (χ1) is 12.5. The van der Waals surface area contributed by atoms with E-state index in [0.717, 1.165) is 22.2 Å². The van der Waals surface area contributed by atoms with Gasteiger partial charge in [0.05, 0.1) is 12.5 Å². The highest BCUT2D eigenvalue weighted by atomic mass is 16.2. The average Bonchev–Trinajstić information content (AvgIpc) is 3.07. The highest BCUT2D eigenvalue weighted by molar-refractivity contribution is 6.02. The van der Waals surface area contributed by atoms with Gasteiger partial charge in [0.25, 0.3) is 0 Å². The number of β-lactam (4-membered cyclic amide) rings is 1. The minimum Gasteiger partial charge on any atom is -0.361 e. The molecule has 0 unspecified atom stereocenters. The summed E-state index contributed by atoms with van der Waals surface area (Å²) in [6.07, 6.45) is 2.30. The van der Waals surface area contributed by atoms with E-state index in [9.17, 15) is 9.59 Å². The van der Waals surface area contributed by atoms with Crippen molar-refractivity contribution < 1.29 is 9.59 Å². The molecule has 4 rings (SSSR count). The normalized spacial score (nSPS) is 17.2. The van der Waals surface area contributed by atoms with Crippen LogP contribution in [0.4, 0.5) is 5.69 Å². The van der Waals surface area contributed by atoms with Gasteiger partial charge in [-0.1, -0.05) is 30.3 Å². The van der Waals surface area contributed by atoms with E-state index >= 15 is 0 Å². The molecule has 5 heteroatoms. The van der Waals surface area contributed by atoms with Crippen LogP contribution < -0.4 is 5.32 Å². The third kappa shape index (κ3) is 2.65. The summed E-state index contributed by atoms with van der Waals surface area (Å²) >= 11 is 0. The van der Waals surface area contributed by atoms with Crippen molar-refractivity contribution in [1.82, 2.24) is 9.88 Å². The molecule has 3 aromatic rings. The summed E-state index contributed by atoms with van der Waals surface area (Å²) in [7, 11) is 0. The Hall–Kier alpha value is -3.08. The van der Waals surface area contributed by atoms with Crippen molar-refractivity contribution in [3.8, 4) is 0 Å². The fourth-order valence-corrected chi connectivity index (χ4v) is 3.58. The van der Waals surface area contributed by atoms with Crippen LogP contribution >= 0.6 is 0 Å². The molecule has 0 aliphatic carbocycles. The number of carbonyl (C=O) groups excluding carboxylic acids is 2. The topological polar surface area (TPSA) is 65.2 Å². The standard InChI is InChI=1S/C21H21N3O2/c1-21(2,24-18(13-19(24)25)14-6-4-3-5-7-14)20(26)23-16-8-9-17-15(12-16)10-11-22-17/h3-12,18,22H,13H2,1-2H3,(H,23,26)/t18-/m0/s1. The number of aromatic amines is 1. The largest absolute Gasteiger partial charge is 0.361 e. The van der Waals surface area contributed by atoms with E-state index in [0.29, 0.717) is 6.42 Å². The van der Waals surface area contributed by atoms with E-state index in [4.69, 9.17) is 0 Å². The predicted octanol–water partition coefficient (Wildman–Crippen LogP) is 3.86. The number of aromatic nitrogens is 1. The van der Waals surface area contributed by atoms with Gasteiger partial charge in [-0.15, -0.1) is 0 Å². The molecule has 1 aliphatic rings. The Labute approximate surface area is 152 Å². The minimum atomic E-state index is -0.942. The van der Waals surface area contributed by atoms with Crippen LogP contribution in [0.1, 0.15) is 31.9 Å². The quantitative estimate of drug-likeness (QED) is 0.704. The van der Waals surface area contributed by atoms with E-state index < -0.39 is 5.54 Å². The molecule has 2 N–H and O–H groups in total. The van der Waals surface area contributed by atoms with Gasteiger partial charge in [0, 0.05) is 22.8 Å². The summed E-state index contributed by atoms with van der Waals surface area (Å²) in [6, 6.07) is 17.5. The van der Waals surface area contributed by atoms with Gasteiger partial charge in [0.15, 0.2) is 0 Å². The van der Waals surface area contributed by atoms with Crippen LogP contribution in [0, 0.1) is 0 Å². The number of rotatable bonds is 4. The summed E-state index contributed by atoms with van der Waals surface area (Å²) in [5.41, 5.74) is 1.86. The lowest BCUT2D eigenvalue weighted by molar-refractivity contribution is -0.160. The van der Waals surface area contributed by atoms with Crippen molar-refractivity contribution in [3.05, 3.63) is 66.4 Å². The molecule has 5 nitrogen and oxygen atoms in total. The van der Waals surface area contributed by atoms with Gasteiger partial charge < -0.3 is 15.2 Å². The Balaban J connectivity index is 1.56. The number of H-pyrrole nitrogens is 1. The van der Waals surface area contributed by atoms with Gasteiger partial charge in [-0.2, -0.15) is 0 Å². The molecule has 132 valence electrons. The Kier molecular flexibility index (Phi) is 3.80. The van der Waals surface area contributed by atoms with E-state index in [-0.39, 0.29) is 17.9 Å². The van der Waals surface area contributed by atoms with Crippen LogP contribution in [-0.4, -0.2) is 27.2 Å². The first-order valence-electron chi connectivity index (χ1n) is 8.72. The number of carbonyl (C=O) groups is 2. The maximum Gasteiger partial charge on any atom is 0.249 e. The predicted molar refractivity (Wildman–Crippen MR) is 102 cm³/mol. The molecule has 2 heterocycles. The Morgan fingerprint density at radius 2 is 1.92 bits per heavy atom. The zero-order valence-electron chi connectivity index (χ0n) is 14.8. The molecule has 0 radical (unpaired) electrons. The molecule has 0 saturated carbocycles. The van der Waals surface area contributed by atoms with Crippen molar-refractivity contribution in [2.24, 2.45) is 0 Å².